The Balaban J connectivity index is 1.83. The van der Waals surface area contributed by atoms with E-state index in [1.807, 2.05) is 66.9 Å². The molecule has 2 heterocycles. The highest BCUT2D eigenvalue weighted by Crippen LogP contribution is 2.36. The number of para-hydroxylation sites is 2. The second-order valence-corrected chi connectivity index (χ2v) is 6.78. The zero-order valence-corrected chi connectivity index (χ0v) is 13.6. The molecule has 0 aliphatic carbocycles. The quantitative estimate of drug-likeness (QED) is 0.651. The summed E-state index contributed by atoms with van der Waals surface area (Å²) in [6, 6.07) is 17.6. The average Bonchev–Trinajstić information content (AvgIpc) is 3.10. The van der Waals surface area contributed by atoms with Gasteiger partial charge in [0, 0.05) is 17.4 Å². The number of aliphatic imine (C=N–C) groups is 1. The Labute approximate surface area is 142 Å². The van der Waals surface area contributed by atoms with Crippen LogP contribution in [0.25, 0.3) is 17.3 Å². The first-order valence-corrected chi connectivity index (χ1v) is 8.32. The number of nitrogens with zero attached hydrogens (tertiary/aromatic N) is 2. The SMILES string of the molecule is Oc1c(C=C2C=Nc3ccccc32)sc(=S)n1-c1ccccc1. The molecule has 0 bridgehead atoms. The van der Waals surface area contributed by atoms with E-state index in [9.17, 15) is 5.11 Å². The summed E-state index contributed by atoms with van der Waals surface area (Å²) in [5.41, 5.74) is 3.85. The van der Waals surface area contributed by atoms with Gasteiger partial charge in [0.15, 0.2) is 3.95 Å². The summed E-state index contributed by atoms with van der Waals surface area (Å²) in [4.78, 5) is 5.12. The molecule has 112 valence electrons. The van der Waals surface area contributed by atoms with Crippen LogP contribution in [0.3, 0.4) is 0 Å². The fourth-order valence-electron chi connectivity index (χ4n) is 2.58. The largest absolute Gasteiger partial charge is 0.493 e. The maximum absolute atomic E-state index is 10.6. The van der Waals surface area contributed by atoms with Crippen LogP contribution in [0, 0.1) is 3.95 Å². The summed E-state index contributed by atoms with van der Waals surface area (Å²) >= 11 is 6.81. The van der Waals surface area contributed by atoms with Gasteiger partial charge in [-0.05, 0) is 36.5 Å². The molecular weight excluding hydrogens is 324 g/mol. The molecule has 4 rings (SSSR count). The van der Waals surface area contributed by atoms with Gasteiger partial charge < -0.3 is 5.11 Å². The predicted molar refractivity (Wildman–Crippen MR) is 98.6 cm³/mol. The summed E-state index contributed by atoms with van der Waals surface area (Å²) in [5.74, 6) is 0.163. The van der Waals surface area contributed by atoms with E-state index in [2.05, 4.69) is 4.99 Å². The third-order valence-electron chi connectivity index (χ3n) is 3.67. The number of allylic oxidation sites excluding steroid dienone is 1. The molecule has 0 spiro atoms. The average molecular weight is 336 g/mol. The Kier molecular flexibility index (Phi) is 3.44. The van der Waals surface area contributed by atoms with Crippen molar-refractivity contribution in [3.05, 3.63) is 69.0 Å². The first kappa shape index (κ1) is 14.1. The second kappa shape index (κ2) is 5.61. The van der Waals surface area contributed by atoms with E-state index in [0.717, 1.165) is 27.4 Å². The Bertz CT molecular complexity index is 997. The number of benzene rings is 2. The smallest absolute Gasteiger partial charge is 0.215 e. The van der Waals surface area contributed by atoms with E-state index in [1.54, 1.807) is 4.57 Å². The summed E-state index contributed by atoms with van der Waals surface area (Å²) in [7, 11) is 0. The number of aromatic nitrogens is 1. The van der Waals surface area contributed by atoms with E-state index in [-0.39, 0.29) is 5.88 Å². The standard InChI is InChI=1S/C18H12N2OS2/c21-17-16(10-12-11-19-15-9-5-4-8-14(12)15)23-18(22)20(17)13-6-2-1-3-7-13/h1-11,21H. The molecule has 23 heavy (non-hydrogen) atoms. The first-order valence-electron chi connectivity index (χ1n) is 7.09. The molecule has 0 amide bonds. The minimum absolute atomic E-state index is 0.163. The highest BCUT2D eigenvalue weighted by atomic mass is 32.1. The van der Waals surface area contributed by atoms with Crippen molar-refractivity contribution >= 4 is 47.1 Å². The molecule has 0 radical (unpaired) electrons. The molecule has 2 aromatic carbocycles. The highest BCUT2D eigenvalue weighted by Gasteiger charge is 2.15. The molecule has 3 nitrogen and oxygen atoms in total. The van der Waals surface area contributed by atoms with Crippen molar-refractivity contribution in [2.24, 2.45) is 4.99 Å². The predicted octanol–water partition coefficient (Wildman–Crippen LogP) is 5.23. The van der Waals surface area contributed by atoms with Crippen molar-refractivity contribution in [2.45, 2.75) is 0 Å². The molecule has 0 saturated carbocycles. The van der Waals surface area contributed by atoms with Gasteiger partial charge in [0.1, 0.15) is 0 Å². The molecule has 1 aromatic heterocycles. The van der Waals surface area contributed by atoms with Crippen LogP contribution in [0.1, 0.15) is 10.4 Å². The fourth-order valence-corrected chi connectivity index (χ4v) is 3.88. The van der Waals surface area contributed by atoms with Crippen molar-refractivity contribution < 1.29 is 5.11 Å². The number of hydrogen-bond acceptors (Lipinski definition) is 4. The maximum Gasteiger partial charge on any atom is 0.215 e. The van der Waals surface area contributed by atoms with E-state index in [0.29, 0.717) is 3.95 Å². The summed E-state index contributed by atoms with van der Waals surface area (Å²) < 4.78 is 2.30. The third-order valence-corrected chi connectivity index (χ3v) is 4.98. The summed E-state index contributed by atoms with van der Waals surface area (Å²) in [5, 5.41) is 10.6. The van der Waals surface area contributed by atoms with E-state index >= 15 is 0 Å². The molecule has 3 aromatic rings. The van der Waals surface area contributed by atoms with E-state index in [4.69, 9.17) is 12.2 Å². The molecule has 0 unspecified atom stereocenters. The lowest BCUT2D eigenvalue weighted by atomic mass is 10.1. The van der Waals surface area contributed by atoms with Gasteiger partial charge in [-0.15, -0.1) is 11.3 Å². The Morgan fingerprint density at radius 3 is 2.61 bits per heavy atom. The molecular formula is C18H12N2OS2. The van der Waals surface area contributed by atoms with Crippen molar-refractivity contribution in [1.29, 1.82) is 0 Å². The number of aromatic hydroxyl groups is 1. The number of fused-ring (bicyclic) bond motifs is 1. The molecule has 0 fully saturated rings. The molecule has 0 saturated heterocycles. The van der Waals surface area contributed by atoms with E-state index in [1.165, 1.54) is 11.3 Å². The molecule has 0 atom stereocenters. The fraction of sp³-hybridized carbons (Fsp3) is 0. The lowest BCUT2D eigenvalue weighted by Gasteiger charge is -2.04. The van der Waals surface area contributed by atoms with Gasteiger partial charge in [-0.2, -0.15) is 0 Å². The van der Waals surface area contributed by atoms with Crippen LogP contribution in [0.2, 0.25) is 0 Å². The van der Waals surface area contributed by atoms with Crippen molar-refractivity contribution in [3.8, 4) is 11.6 Å². The third kappa shape index (κ3) is 2.44. The normalized spacial score (nSPS) is 14.3. The van der Waals surface area contributed by atoms with Gasteiger partial charge >= 0.3 is 0 Å². The van der Waals surface area contributed by atoms with Crippen LogP contribution in [-0.2, 0) is 0 Å². The molecule has 1 N–H and O–H groups in total. The molecule has 1 aliphatic heterocycles. The lowest BCUT2D eigenvalue weighted by molar-refractivity contribution is 0.441. The van der Waals surface area contributed by atoms with Crippen LogP contribution >= 0.6 is 23.6 Å². The minimum Gasteiger partial charge on any atom is -0.493 e. The van der Waals surface area contributed by atoms with Gasteiger partial charge in [0.2, 0.25) is 5.88 Å². The number of hydrogen-bond donors (Lipinski definition) is 1. The van der Waals surface area contributed by atoms with Crippen molar-refractivity contribution in [3.63, 3.8) is 0 Å². The van der Waals surface area contributed by atoms with Crippen molar-refractivity contribution in [1.82, 2.24) is 4.57 Å². The Hall–Kier alpha value is -2.50. The number of thiazole rings is 1. The summed E-state index contributed by atoms with van der Waals surface area (Å²) in [6.07, 6.45) is 3.75. The topological polar surface area (TPSA) is 37.5 Å². The van der Waals surface area contributed by atoms with Gasteiger partial charge in [-0.25, -0.2) is 0 Å². The highest BCUT2D eigenvalue weighted by molar-refractivity contribution is 7.73. The van der Waals surface area contributed by atoms with Crippen LogP contribution in [-0.4, -0.2) is 15.9 Å². The zero-order valence-electron chi connectivity index (χ0n) is 12.0. The Morgan fingerprint density at radius 2 is 1.78 bits per heavy atom. The van der Waals surface area contributed by atoms with Crippen molar-refractivity contribution in [2.75, 3.05) is 0 Å². The molecule has 1 aliphatic rings. The molecule has 5 heteroatoms. The number of rotatable bonds is 2. The van der Waals surface area contributed by atoms with Gasteiger partial charge in [-0.1, -0.05) is 36.4 Å². The van der Waals surface area contributed by atoms with Crippen LogP contribution in [0.5, 0.6) is 5.88 Å². The zero-order chi connectivity index (χ0) is 15.8. The van der Waals surface area contributed by atoms with Gasteiger partial charge in [-0.3, -0.25) is 9.56 Å². The van der Waals surface area contributed by atoms with Crippen LogP contribution in [0.4, 0.5) is 5.69 Å². The van der Waals surface area contributed by atoms with E-state index < -0.39 is 0 Å². The maximum atomic E-state index is 10.6. The first-order chi connectivity index (χ1) is 11.2. The van der Waals surface area contributed by atoms with Gasteiger partial charge in [0.25, 0.3) is 0 Å². The van der Waals surface area contributed by atoms with Gasteiger partial charge in [0.05, 0.1) is 16.3 Å². The van der Waals surface area contributed by atoms with Crippen LogP contribution < -0.4 is 0 Å². The minimum atomic E-state index is 0.163. The summed E-state index contributed by atoms with van der Waals surface area (Å²) in [6.45, 7) is 0. The Morgan fingerprint density at radius 1 is 1.04 bits per heavy atom. The lowest BCUT2D eigenvalue weighted by Crippen LogP contribution is -1.92. The second-order valence-electron chi connectivity index (χ2n) is 5.10. The van der Waals surface area contributed by atoms with Crippen LogP contribution in [0.15, 0.2) is 59.6 Å². The monoisotopic (exact) mass is 336 g/mol.